The van der Waals surface area contributed by atoms with E-state index in [-0.39, 0.29) is 5.91 Å². The molecule has 4 aromatic rings. The largest absolute Gasteiger partial charge is 0.298 e. The Labute approximate surface area is 149 Å². The van der Waals surface area contributed by atoms with Gasteiger partial charge in [0.25, 0.3) is 5.91 Å². The lowest BCUT2D eigenvalue weighted by molar-refractivity contribution is 0.102. The van der Waals surface area contributed by atoms with Gasteiger partial charge >= 0.3 is 0 Å². The quantitative estimate of drug-likeness (QED) is 0.599. The average Bonchev–Trinajstić information content (AvgIpc) is 3.16. The summed E-state index contributed by atoms with van der Waals surface area (Å²) in [4.78, 5) is 17.1. The highest BCUT2D eigenvalue weighted by Crippen LogP contribution is 2.30. The molecule has 0 fully saturated rings. The number of amides is 1. The number of hydrogen-bond donors (Lipinski definition) is 1. The maximum atomic E-state index is 12.5. The van der Waals surface area contributed by atoms with Crippen molar-refractivity contribution < 1.29 is 4.79 Å². The van der Waals surface area contributed by atoms with E-state index in [1.807, 2.05) is 73.1 Å². The fourth-order valence-corrected chi connectivity index (χ4v) is 3.61. The van der Waals surface area contributed by atoms with Crippen molar-refractivity contribution in [3.63, 3.8) is 0 Å². The van der Waals surface area contributed by atoms with Crippen LogP contribution < -0.4 is 5.32 Å². The van der Waals surface area contributed by atoms with Crippen LogP contribution in [0.4, 0.5) is 5.13 Å². The number of nitrogens with one attached hydrogen (secondary N) is 1. The zero-order valence-electron chi connectivity index (χ0n) is 13.9. The lowest BCUT2D eigenvalue weighted by atomic mass is 10.1. The summed E-state index contributed by atoms with van der Waals surface area (Å²) in [5.41, 5.74) is 4.19. The van der Waals surface area contributed by atoms with Gasteiger partial charge in [0.15, 0.2) is 10.8 Å². The van der Waals surface area contributed by atoms with Crippen LogP contribution in [0.5, 0.6) is 0 Å². The van der Waals surface area contributed by atoms with Gasteiger partial charge in [0.2, 0.25) is 0 Å². The number of anilines is 1. The molecule has 0 saturated heterocycles. The molecule has 0 atom stereocenters. The van der Waals surface area contributed by atoms with E-state index >= 15 is 0 Å². The molecule has 6 heteroatoms. The van der Waals surface area contributed by atoms with Gasteiger partial charge < -0.3 is 0 Å². The van der Waals surface area contributed by atoms with Gasteiger partial charge in [-0.1, -0.05) is 47.7 Å². The first-order valence-electron chi connectivity index (χ1n) is 7.92. The first kappa shape index (κ1) is 15.5. The van der Waals surface area contributed by atoms with Crippen molar-refractivity contribution in [2.45, 2.75) is 13.8 Å². The Morgan fingerprint density at radius 3 is 2.52 bits per heavy atom. The SMILES string of the molecule is Cc1ccccc1C(=O)Nc1nc2c(s1)c(C)nn2-c1ccccc1. The molecule has 0 aliphatic rings. The second-order valence-electron chi connectivity index (χ2n) is 5.77. The van der Waals surface area contributed by atoms with Crippen LogP contribution in [0.25, 0.3) is 16.0 Å². The van der Waals surface area contributed by atoms with Crippen LogP contribution in [0.1, 0.15) is 21.6 Å². The molecule has 124 valence electrons. The van der Waals surface area contributed by atoms with Crippen molar-refractivity contribution in [3.8, 4) is 5.69 Å². The highest BCUT2D eigenvalue weighted by Gasteiger charge is 2.17. The molecule has 25 heavy (non-hydrogen) atoms. The van der Waals surface area contributed by atoms with Gasteiger partial charge in [-0.25, -0.2) is 4.68 Å². The molecule has 0 unspecified atom stereocenters. The minimum Gasteiger partial charge on any atom is -0.298 e. The fraction of sp³-hybridized carbons (Fsp3) is 0.105. The maximum Gasteiger partial charge on any atom is 0.257 e. The van der Waals surface area contributed by atoms with Crippen molar-refractivity contribution in [2.75, 3.05) is 5.32 Å². The number of thiazole rings is 1. The van der Waals surface area contributed by atoms with Crippen LogP contribution in [0.2, 0.25) is 0 Å². The van der Waals surface area contributed by atoms with Gasteiger partial charge in [-0.15, -0.1) is 0 Å². The topological polar surface area (TPSA) is 59.8 Å². The standard InChI is InChI=1S/C19H16N4OS/c1-12-8-6-7-11-15(12)18(24)21-19-20-17-16(25-19)13(2)22-23(17)14-9-4-3-5-10-14/h3-11H,1-2H3,(H,20,21,24). The summed E-state index contributed by atoms with van der Waals surface area (Å²) < 4.78 is 2.79. The Morgan fingerprint density at radius 2 is 1.76 bits per heavy atom. The Balaban J connectivity index is 1.71. The minimum absolute atomic E-state index is 0.147. The zero-order valence-corrected chi connectivity index (χ0v) is 14.7. The number of hydrogen-bond acceptors (Lipinski definition) is 4. The number of aryl methyl sites for hydroxylation is 2. The number of rotatable bonds is 3. The molecule has 1 amide bonds. The van der Waals surface area contributed by atoms with Gasteiger partial charge in [-0.2, -0.15) is 10.1 Å². The first-order chi connectivity index (χ1) is 12.1. The highest BCUT2D eigenvalue weighted by atomic mass is 32.1. The van der Waals surface area contributed by atoms with E-state index in [9.17, 15) is 4.79 Å². The van der Waals surface area contributed by atoms with Crippen LogP contribution in [-0.2, 0) is 0 Å². The first-order valence-corrected chi connectivity index (χ1v) is 8.73. The molecular weight excluding hydrogens is 332 g/mol. The van der Waals surface area contributed by atoms with E-state index in [2.05, 4.69) is 15.4 Å². The summed E-state index contributed by atoms with van der Waals surface area (Å²) >= 11 is 1.44. The third kappa shape index (κ3) is 2.81. The zero-order chi connectivity index (χ0) is 17.4. The number of nitrogens with zero attached hydrogens (tertiary/aromatic N) is 3. The van der Waals surface area contributed by atoms with E-state index in [0.717, 1.165) is 27.3 Å². The van der Waals surface area contributed by atoms with E-state index in [1.165, 1.54) is 11.3 Å². The summed E-state index contributed by atoms with van der Waals surface area (Å²) in [5.74, 6) is -0.147. The van der Waals surface area contributed by atoms with E-state index in [4.69, 9.17) is 0 Å². The minimum atomic E-state index is -0.147. The second-order valence-corrected chi connectivity index (χ2v) is 6.77. The molecule has 0 saturated carbocycles. The molecule has 0 aliphatic carbocycles. The normalized spacial score (nSPS) is 11.0. The molecule has 2 aromatic carbocycles. The number of carbonyl (C=O) groups is 1. The fourth-order valence-electron chi connectivity index (χ4n) is 2.73. The highest BCUT2D eigenvalue weighted by molar-refractivity contribution is 7.22. The van der Waals surface area contributed by atoms with Crippen LogP contribution in [0.15, 0.2) is 54.6 Å². The van der Waals surface area contributed by atoms with Crippen LogP contribution in [-0.4, -0.2) is 20.7 Å². The molecule has 0 radical (unpaired) electrons. The average molecular weight is 348 g/mol. The molecule has 4 rings (SSSR count). The maximum absolute atomic E-state index is 12.5. The Bertz CT molecular complexity index is 1070. The third-order valence-corrected chi connectivity index (χ3v) is 5.07. The lowest BCUT2D eigenvalue weighted by Crippen LogP contribution is -2.13. The number of carbonyl (C=O) groups excluding carboxylic acids is 1. The Hall–Kier alpha value is -2.99. The monoisotopic (exact) mass is 348 g/mol. The predicted octanol–water partition coefficient (Wildman–Crippen LogP) is 4.35. The molecule has 1 N–H and O–H groups in total. The third-order valence-electron chi connectivity index (χ3n) is 4.00. The Kier molecular flexibility index (Phi) is 3.82. The summed E-state index contributed by atoms with van der Waals surface area (Å²) in [5, 5.41) is 8.05. The van der Waals surface area contributed by atoms with E-state index in [0.29, 0.717) is 10.7 Å². The summed E-state index contributed by atoms with van der Waals surface area (Å²) in [6, 6.07) is 17.4. The van der Waals surface area contributed by atoms with E-state index in [1.54, 1.807) is 0 Å². The number of benzene rings is 2. The summed E-state index contributed by atoms with van der Waals surface area (Å²) in [7, 11) is 0. The van der Waals surface area contributed by atoms with Gasteiger partial charge in [0, 0.05) is 5.56 Å². The van der Waals surface area contributed by atoms with E-state index < -0.39 is 0 Å². The second kappa shape index (κ2) is 6.14. The number of para-hydroxylation sites is 1. The summed E-state index contributed by atoms with van der Waals surface area (Å²) in [6.45, 7) is 3.87. The summed E-state index contributed by atoms with van der Waals surface area (Å²) in [6.07, 6.45) is 0. The van der Waals surface area contributed by atoms with Gasteiger partial charge in [-0.05, 0) is 37.6 Å². The van der Waals surface area contributed by atoms with Crippen molar-refractivity contribution in [1.82, 2.24) is 14.8 Å². The number of fused-ring (bicyclic) bond motifs is 1. The molecule has 2 heterocycles. The van der Waals surface area contributed by atoms with Gasteiger partial charge in [0.05, 0.1) is 16.1 Å². The molecular formula is C19H16N4OS. The van der Waals surface area contributed by atoms with Crippen LogP contribution in [0, 0.1) is 13.8 Å². The molecule has 0 spiro atoms. The van der Waals surface area contributed by atoms with Crippen LogP contribution >= 0.6 is 11.3 Å². The molecule has 2 aromatic heterocycles. The Morgan fingerprint density at radius 1 is 1.04 bits per heavy atom. The predicted molar refractivity (Wildman–Crippen MR) is 101 cm³/mol. The van der Waals surface area contributed by atoms with Crippen molar-refractivity contribution >= 4 is 32.7 Å². The van der Waals surface area contributed by atoms with Crippen molar-refractivity contribution in [3.05, 3.63) is 71.4 Å². The molecule has 0 aliphatic heterocycles. The number of aromatic nitrogens is 3. The molecule has 5 nitrogen and oxygen atoms in total. The van der Waals surface area contributed by atoms with Crippen molar-refractivity contribution in [2.24, 2.45) is 0 Å². The lowest BCUT2D eigenvalue weighted by Gasteiger charge is -2.04. The van der Waals surface area contributed by atoms with Gasteiger partial charge in [-0.3, -0.25) is 10.1 Å². The smallest absolute Gasteiger partial charge is 0.257 e. The van der Waals surface area contributed by atoms with Crippen LogP contribution in [0.3, 0.4) is 0 Å². The van der Waals surface area contributed by atoms with Gasteiger partial charge in [0.1, 0.15) is 0 Å². The molecule has 0 bridgehead atoms. The van der Waals surface area contributed by atoms with Crippen molar-refractivity contribution in [1.29, 1.82) is 0 Å².